The molecule has 0 spiro atoms. The van der Waals surface area contributed by atoms with Crippen LogP contribution in [0.2, 0.25) is 0 Å². The van der Waals surface area contributed by atoms with E-state index < -0.39 is 0 Å². The molecule has 10 heteroatoms. The van der Waals surface area contributed by atoms with E-state index in [1.54, 1.807) is 26.4 Å². The van der Waals surface area contributed by atoms with Crippen LogP contribution in [0.15, 0.2) is 39.7 Å². The lowest BCUT2D eigenvalue weighted by Gasteiger charge is -2.07. The molecular weight excluding hydrogens is 374 g/mol. The molecule has 8 nitrogen and oxygen atoms in total. The van der Waals surface area contributed by atoms with Gasteiger partial charge in [0.05, 0.1) is 25.5 Å². The van der Waals surface area contributed by atoms with Crippen molar-refractivity contribution < 1.29 is 14.0 Å². The molecule has 1 N–H and O–H groups in total. The smallest absolute Gasteiger partial charge is 0.237 e. The Morgan fingerprint density at radius 3 is 2.96 bits per heavy atom. The largest absolute Gasteiger partial charge is 0.497 e. The molecule has 0 amide bonds. The average Bonchev–Trinajstić information content (AvgIpc) is 3.33. The predicted octanol–water partition coefficient (Wildman–Crippen LogP) is 3.50. The summed E-state index contributed by atoms with van der Waals surface area (Å²) in [5, 5.41) is 16.0. The second-order valence-electron chi connectivity index (χ2n) is 4.91. The van der Waals surface area contributed by atoms with Gasteiger partial charge in [0, 0.05) is 12.6 Å². The first-order valence-electron chi connectivity index (χ1n) is 7.59. The van der Waals surface area contributed by atoms with Crippen molar-refractivity contribution in [2.45, 2.75) is 10.1 Å². The normalized spacial score (nSPS) is 10.5. The maximum atomic E-state index is 5.38. The summed E-state index contributed by atoms with van der Waals surface area (Å²) in [7, 11) is 3.19. The van der Waals surface area contributed by atoms with Gasteiger partial charge in [-0.25, -0.2) is 0 Å². The Kier molecular flexibility index (Phi) is 6.08. The fraction of sp³-hybridized carbons (Fsp3) is 0.250. The van der Waals surface area contributed by atoms with Crippen molar-refractivity contribution in [3.05, 3.63) is 36.7 Å². The monoisotopic (exact) mass is 391 g/mol. The number of ether oxygens (including phenoxy) is 2. The molecule has 0 aliphatic rings. The summed E-state index contributed by atoms with van der Waals surface area (Å²) in [5.41, 5.74) is 0.736. The van der Waals surface area contributed by atoms with Crippen molar-refractivity contribution in [3.63, 3.8) is 0 Å². The van der Waals surface area contributed by atoms with E-state index in [9.17, 15) is 0 Å². The zero-order valence-corrected chi connectivity index (χ0v) is 15.9. The van der Waals surface area contributed by atoms with Gasteiger partial charge in [0.2, 0.25) is 16.8 Å². The SMILES string of the molecule is C=CCNc1nnc(SCc2nc(-c3ccc(OC)cc3OC)no2)s1. The lowest BCUT2D eigenvalue weighted by molar-refractivity contribution is 0.388. The van der Waals surface area contributed by atoms with Crippen LogP contribution in [0.3, 0.4) is 0 Å². The van der Waals surface area contributed by atoms with Crippen molar-refractivity contribution in [3.8, 4) is 22.9 Å². The van der Waals surface area contributed by atoms with Crippen LogP contribution in [0.4, 0.5) is 5.13 Å². The van der Waals surface area contributed by atoms with Crippen LogP contribution in [-0.2, 0) is 5.75 Å². The first kappa shape index (κ1) is 18.2. The lowest BCUT2D eigenvalue weighted by atomic mass is 10.2. The molecule has 3 rings (SSSR count). The van der Waals surface area contributed by atoms with Crippen LogP contribution in [-0.4, -0.2) is 41.1 Å². The number of hydrogen-bond donors (Lipinski definition) is 1. The van der Waals surface area contributed by atoms with Gasteiger partial charge < -0.3 is 19.3 Å². The number of anilines is 1. The van der Waals surface area contributed by atoms with Gasteiger partial charge in [-0.1, -0.05) is 34.3 Å². The summed E-state index contributed by atoms with van der Waals surface area (Å²) in [6.07, 6.45) is 1.77. The Morgan fingerprint density at radius 1 is 1.31 bits per heavy atom. The van der Waals surface area contributed by atoms with Crippen LogP contribution >= 0.6 is 23.1 Å². The van der Waals surface area contributed by atoms with Gasteiger partial charge in [-0.2, -0.15) is 4.98 Å². The van der Waals surface area contributed by atoms with Crippen LogP contribution < -0.4 is 14.8 Å². The molecular formula is C16H17N5O3S2. The first-order chi connectivity index (χ1) is 12.7. The molecule has 2 heterocycles. The molecule has 0 radical (unpaired) electrons. The van der Waals surface area contributed by atoms with Gasteiger partial charge in [-0.05, 0) is 12.1 Å². The fourth-order valence-electron chi connectivity index (χ4n) is 2.03. The van der Waals surface area contributed by atoms with E-state index in [4.69, 9.17) is 14.0 Å². The van der Waals surface area contributed by atoms with E-state index in [2.05, 4.69) is 32.2 Å². The second-order valence-corrected chi connectivity index (χ2v) is 7.11. The predicted molar refractivity (Wildman–Crippen MR) is 101 cm³/mol. The Hall–Kier alpha value is -2.59. The molecule has 0 atom stereocenters. The van der Waals surface area contributed by atoms with Gasteiger partial charge >= 0.3 is 0 Å². The second kappa shape index (κ2) is 8.68. The number of rotatable bonds is 9. The highest BCUT2D eigenvalue weighted by Crippen LogP contribution is 2.33. The molecule has 0 aliphatic carbocycles. The number of methoxy groups -OCH3 is 2. The van der Waals surface area contributed by atoms with E-state index in [-0.39, 0.29) is 0 Å². The van der Waals surface area contributed by atoms with Crippen molar-refractivity contribution in [2.24, 2.45) is 0 Å². The molecule has 3 aromatic rings. The third-order valence-corrected chi connectivity index (χ3v) is 5.24. The number of nitrogens with zero attached hydrogens (tertiary/aromatic N) is 4. The minimum atomic E-state index is 0.464. The standard InChI is InChI=1S/C16H17N5O3S2/c1-4-7-17-15-19-20-16(26-15)25-9-13-18-14(21-24-13)11-6-5-10(22-2)8-12(11)23-3/h4-6,8H,1,7,9H2,2-3H3,(H,17,19). The van der Waals surface area contributed by atoms with Crippen molar-refractivity contribution >= 4 is 28.2 Å². The third-order valence-electron chi connectivity index (χ3n) is 3.24. The molecule has 2 aromatic heterocycles. The molecule has 0 fully saturated rings. The number of nitrogens with one attached hydrogen (secondary N) is 1. The summed E-state index contributed by atoms with van der Waals surface area (Å²) < 4.78 is 16.7. The number of aromatic nitrogens is 4. The number of thioether (sulfide) groups is 1. The van der Waals surface area contributed by atoms with Gasteiger partial charge in [0.25, 0.3) is 0 Å². The number of hydrogen-bond acceptors (Lipinski definition) is 10. The van der Waals surface area contributed by atoms with E-state index in [1.165, 1.54) is 23.1 Å². The topological polar surface area (TPSA) is 95.2 Å². The van der Waals surface area contributed by atoms with Gasteiger partial charge in [-0.15, -0.1) is 16.8 Å². The Morgan fingerprint density at radius 2 is 2.19 bits per heavy atom. The lowest BCUT2D eigenvalue weighted by Crippen LogP contribution is -1.96. The Balaban J connectivity index is 1.66. The maximum Gasteiger partial charge on any atom is 0.237 e. The summed E-state index contributed by atoms with van der Waals surface area (Å²) in [6, 6.07) is 5.43. The highest BCUT2D eigenvalue weighted by molar-refractivity contribution is 8.00. The van der Waals surface area contributed by atoms with Crippen LogP contribution in [0.1, 0.15) is 5.89 Å². The third kappa shape index (κ3) is 4.33. The van der Waals surface area contributed by atoms with Crippen molar-refractivity contribution in [1.29, 1.82) is 0 Å². The molecule has 136 valence electrons. The average molecular weight is 391 g/mol. The summed E-state index contributed by atoms with van der Waals surface area (Å²) in [4.78, 5) is 4.42. The zero-order valence-electron chi connectivity index (χ0n) is 14.3. The van der Waals surface area contributed by atoms with E-state index in [0.29, 0.717) is 35.5 Å². The Bertz CT molecular complexity index is 880. The first-order valence-corrected chi connectivity index (χ1v) is 9.39. The molecule has 0 aliphatic heterocycles. The van der Waals surface area contributed by atoms with Gasteiger partial charge in [0.15, 0.2) is 4.34 Å². The molecule has 0 unspecified atom stereocenters. The molecule has 0 bridgehead atoms. The Labute approximate surface area is 158 Å². The van der Waals surface area contributed by atoms with E-state index in [0.717, 1.165) is 15.0 Å². The summed E-state index contributed by atoms with van der Waals surface area (Å²) in [6.45, 7) is 4.30. The molecule has 0 saturated heterocycles. The van der Waals surface area contributed by atoms with Crippen molar-refractivity contribution in [2.75, 3.05) is 26.1 Å². The van der Waals surface area contributed by atoms with Crippen LogP contribution in [0, 0.1) is 0 Å². The van der Waals surface area contributed by atoms with Crippen molar-refractivity contribution in [1.82, 2.24) is 20.3 Å². The summed E-state index contributed by atoms with van der Waals surface area (Å²) in [5.74, 6) is 2.78. The minimum absolute atomic E-state index is 0.464. The highest BCUT2D eigenvalue weighted by Gasteiger charge is 2.15. The molecule has 1 aromatic carbocycles. The van der Waals surface area contributed by atoms with Gasteiger partial charge in [0.1, 0.15) is 11.5 Å². The van der Waals surface area contributed by atoms with Crippen LogP contribution in [0.25, 0.3) is 11.4 Å². The molecule has 0 saturated carbocycles. The minimum Gasteiger partial charge on any atom is -0.497 e. The molecule has 26 heavy (non-hydrogen) atoms. The van der Waals surface area contributed by atoms with E-state index in [1.807, 2.05) is 12.1 Å². The van der Waals surface area contributed by atoms with Gasteiger partial charge in [-0.3, -0.25) is 0 Å². The zero-order chi connectivity index (χ0) is 18.4. The summed E-state index contributed by atoms with van der Waals surface area (Å²) >= 11 is 2.95. The van der Waals surface area contributed by atoms with E-state index >= 15 is 0 Å². The maximum absolute atomic E-state index is 5.38. The quantitative estimate of drug-likeness (QED) is 0.434. The fourth-order valence-corrected chi connectivity index (χ4v) is 3.62. The highest BCUT2D eigenvalue weighted by atomic mass is 32.2. The number of benzene rings is 1. The van der Waals surface area contributed by atoms with Crippen LogP contribution in [0.5, 0.6) is 11.5 Å².